The average molecular weight is 484 g/mol. The monoisotopic (exact) mass is 483 g/mol. The first-order chi connectivity index (χ1) is 16.2. The van der Waals surface area contributed by atoms with Gasteiger partial charge >= 0.3 is 5.97 Å². The topological polar surface area (TPSA) is 180 Å². The molecule has 0 aromatic rings. The molecule has 0 aliphatic heterocycles. The molecule has 34 heavy (non-hydrogen) atoms. The van der Waals surface area contributed by atoms with Crippen molar-refractivity contribution in [3.05, 3.63) is 0 Å². The summed E-state index contributed by atoms with van der Waals surface area (Å²) in [7, 11) is 0. The number of rotatable bonds is 19. The minimum atomic E-state index is -0.566. The molecule has 0 rings (SSSR count). The highest BCUT2D eigenvalue weighted by Gasteiger charge is 2.18. The summed E-state index contributed by atoms with van der Waals surface area (Å²) in [6.45, 7) is 9.56. The molecule has 2 atom stereocenters. The lowest BCUT2D eigenvalue weighted by Crippen LogP contribution is -2.41. The van der Waals surface area contributed by atoms with Crippen molar-refractivity contribution < 1.29 is 19.1 Å². The fourth-order valence-electron chi connectivity index (χ4n) is 2.94. The average Bonchev–Trinajstić information content (AvgIpc) is 2.76. The van der Waals surface area contributed by atoms with Crippen molar-refractivity contribution in [1.82, 2.24) is 5.32 Å². The van der Waals surface area contributed by atoms with Crippen molar-refractivity contribution in [2.24, 2.45) is 32.2 Å². The maximum Gasteiger partial charge on any atom is 0.330 e. The number of carbonyl (C=O) groups is 2. The van der Waals surface area contributed by atoms with Crippen LogP contribution in [0.4, 0.5) is 0 Å². The van der Waals surface area contributed by atoms with Gasteiger partial charge in [-0.1, -0.05) is 0 Å². The highest BCUT2D eigenvalue weighted by Crippen LogP contribution is 2.08. The molecule has 0 saturated carbocycles. The number of ether oxygens (including phenoxy) is 2. The maximum absolute atomic E-state index is 12.2. The van der Waals surface area contributed by atoms with Gasteiger partial charge in [0, 0.05) is 25.3 Å². The molecular weight excluding hydrogens is 438 g/mol. The number of nitrogens with two attached hydrogens (primary N) is 3. The van der Waals surface area contributed by atoms with Gasteiger partial charge < -0.3 is 32.0 Å². The summed E-state index contributed by atoms with van der Waals surface area (Å²) in [6.07, 6.45) is 4.40. The van der Waals surface area contributed by atoms with E-state index in [1.54, 1.807) is 27.7 Å². The molecule has 1 amide bonds. The van der Waals surface area contributed by atoms with Gasteiger partial charge in [-0.3, -0.25) is 19.8 Å². The first kappa shape index (κ1) is 31.5. The van der Waals surface area contributed by atoms with Gasteiger partial charge in [0.15, 0.2) is 0 Å². The van der Waals surface area contributed by atoms with E-state index in [0.717, 1.165) is 25.7 Å². The van der Waals surface area contributed by atoms with Crippen LogP contribution in [0.25, 0.3) is 0 Å². The molecule has 0 saturated heterocycles. The van der Waals surface area contributed by atoms with E-state index < -0.39 is 12.1 Å². The Balaban J connectivity index is 4.26. The summed E-state index contributed by atoms with van der Waals surface area (Å²) >= 11 is 0. The van der Waals surface area contributed by atoms with Crippen molar-refractivity contribution >= 4 is 29.3 Å². The molecule has 196 valence electrons. The van der Waals surface area contributed by atoms with Crippen molar-refractivity contribution in [2.45, 2.75) is 78.3 Å². The second kappa shape index (κ2) is 19.9. The number of nitrogens with zero attached hydrogens (tertiary/aromatic N) is 3. The number of aliphatic imine (C=N–C) groups is 3. The maximum atomic E-state index is 12.2. The molecule has 0 aromatic heterocycles. The smallest absolute Gasteiger partial charge is 0.330 e. The van der Waals surface area contributed by atoms with E-state index in [4.69, 9.17) is 26.7 Å². The molecule has 0 aliphatic carbocycles. The lowest BCUT2D eigenvalue weighted by atomic mass is 10.1. The van der Waals surface area contributed by atoms with Crippen LogP contribution in [-0.4, -0.2) is 80.8 Å². The Morgan fingerprint density at radius 1 is 0.941 bits per heavy atom. The molecule has 2 unspecified atom stereocenters. The Kier molecular flexibility index (Phi) is 18.4. The molecule has 0 radical (unpaired) electrons. The van der Waals surface area contributed by atoms with Gasteiger partial charge in [-0.15, -0.1) is 0 Å². The third-order valence-corrected chi connectivity index (χ3v) is 4.66. The van der Waals surface area contributed by atoms with Crippen molar-refractivity contribution in [1.29, 1.82) is 0 Å². The molecule has 0 spiro atoms. The fraction of sp³-hybridized carbons (Fsp3) is 0.783. The van der Waals surface area contributed by atoms with Gasteiger partial charge in [0.25, 0.3) is 0 Å². The number of esters is 1. The third-order valence-electron chi connectivity index (χ3n) is 4.66. The molecule has 0 aromatic carbocycles. The van der Waals surface area contributed by atoms with Crippen LogP contribution in [0.3, 0.4) is 0 Å². The minimum Gasteiger partial charge on any atom is -0.464 e. The van der Waals surface area contributed by atoms with Crippen LogP contribution in [0.1, 0.15) is 66.2 Å². The zero-order chi connectivity index (χ0) is 25.8. The van der Waals surface area contributed by atoms with Crippen LogP contribution in [-0.2, 0) is 19.1 Å². The summed E-state index contributed by atoms with van der Waals surface area (Å²) in [5.74, 6) is 0.563. The highest BCUT2D eigenvalue weighted by molar-refractivity contribution is 5.87. The third kappa shape index (κ3) is 18.0. The van der Waals surface area contributed by atoms with Gasteiger partial charge in [-0.05, 0) is 66.2 Å². The zero-order valence-corrected chi connectivity index (χ0v) is 21.3. The molecule has 0 fully saturated rings. The number of hydrogen-bond donors (Lipinski definition) is 4. The van der Waals surface area contributed by atoms with E-state index in [2.05, 4.69) is 20.3 Å². The van der Waals surface area contributed by atoms with E-state index in [-0.39, 0.29) is 18.5 Å². The van der Waals surface area contributed by atoms with Crippen LogP contribution in [0.2, 0.25) is 0 Å². The second-order valence-corrected chi connectivity index (χ2v) is 8.12. The lowest BCUT2D eigenvalue weighted by Gasteiger charge is -2.14. The van der Waals surface area contributed by atoms with Crippen LogP contribution in [0, 0.1) is 0 Å². The van der Waals surface area contributed by atoms with E-state index in [1.165, 1.54) is 0 Å². The van der Waals surface area contributed by atoms with Gasteiger partial charge in [-0.25, -0.2) is 4.79 Å². The molecule has 11 nitrogen and oxygen atoms in total. The van der Waals surface area contributed by atoms with E-state index >= 15 is 0 Å². The summed E-state index contributed by atoms with van der Waals surface area (Å²) in [5.41, 5.74) is 17.6. The van der Waals surface area contributed by atoms with Crippen LogP contribution >= 0.6 is 0 Å². The molecule has 7 N–H and O–H groups in total. The normalized spacial score (nSPS) is 14.6. The van der Waals surface area contributed by atoms with Gasteiger partial charge in [-0.2, -0.15) is 0 Å². The second-order valence-electron chi connectivity index (χ2n) is 8.12. The summed E-state index contributed by atoms with van der Waals surface area (Å²) in [6, 6.07) is -1.13. The predicted molar refractivity (Wildman–Crippen MR) is 137 cm³/mol. The van der Waals surface area contributed by atoms with E-state index in [1.807, 2.05) is 0 Å². The molecule has 0 heterocycles. The van der Waals surface area contributed by atoms with Crippen LogP contribution in [0.15, 0.2) is 15.0 Å². The van der Waals surface area contributed by atoms with Gasteiger partial charge in [0.1, 0.15) is 6.04 Å². The zero-order valence-electron chi connectivity index (χ0n) is 21.3. The van der Waals surface area contributed by atoms with Gasteiger partial charge in [0.2, 0.25) is 5.91 Å². The first-order valence-electron chi connectivity index (χ1n) is 12.0. The first-order valence-corrected chi connectivity index (χ1v) is 12.0. The lowest BCUT2D eigenvalue weighted by molar-refractivity contribution is -0.144. The standard InChI is InChI=1S/C23H45N7O4/c1-5-34-23(32)21(11-7-9-13-28-19(4)25)30-17(2)16-33-15-14-29-22(31)20(26)10-6-8-12-27-18(3)24/h20-21H,5-16,26H2,1-4H3,(H2,24,27)(H2,25,28)(H,29,31). The number of carbonyl (C=O) groups excluding carboxylic acids is 2. The summed E-state index contributed by atoms with van der Waals surface area (Å²) in [5, 5.41) is 2.77. The SMILES string of the molecule is CCOC(=O)C(CCCCN=C(C)N)N=C(C)COCCNC(=O)C(N)CCCCN=C(C)N. The van der Waals surface area contributed by atoms with E-state index in [9.17, 15) is 9.59 Å². The number of nitrogens with one attached hydrogen (secondary N) is 1. The quantitative estimate of drug-likeness (QED) is 0.0912. The Hall–Kier alpha value is -2.53. The fourth-order valence-corrected chi connectivity index (χ4v) is 2.94. The number of hydrogen-bond acceptors (Lipinski definition) is 8. The van der Waals surface area contributed by atoms with Crippen molar-refractivity contribution in [3.8, 4) is 0 Å². The highest BCUT2D eigenvalue weighted by atomic mass is 16.5. The van der Waals surface area contributed by atoms with Crippen molar-refractivity contribution in [3.63, 3.8) is 0 Å². The number of amides is 1. The minimum absolute atomic E-state index is 0.205. The summed E-state index contributed by atoms with van der Waals surface area (Å²) in [4.78, 5) is 37.0. The largest absolute Gasteiger partial charge is 0.464 e. The molecule has 0 bridgehead atoms. The predicted octanol–water partition coefficient (Wildman–Crippen LogP) is 0.934. The Labute approximate surface area is 204 Å². The molecule has 0 aliphatic rings. The van der Waals surface area contributed by atoms with Crippen LogP contribution in [0.5, 0.6) is 0 Å². The van der Waals surface area contributed by atoms with Gasteiger partial charge in [0.05, 0.1) is 37.5 Å². The van der Waals surface area contributed by atoms with Crippen LogP contribution < -0.4 is 22.5 Å². The number of unbranched alkanes of at least 4 members (excludes halogenated alkanes) is 2. The Bertz CT molecular complexity index is 672. The Morgan fingerprint density at radius 2 is 1.53 bits per heavy atom. The number of amidine groups is 2. The summed E-state index contributed by atoms with van der Waals surface area (Å²) < 4.78 is 10.7. The molecular formula is C23H45N7O4. The van der Waals surface area contributed by atoms with Crippen molar-refractivity contribution in [2.75, 3.05) is 39.5 Å². The van der Waals surface area contributed by atoms with E-state index in [0.29, 0.717) is 63.1 Å². The Morgan fingerprint density at radius 3 is 2.09 bits per heavy atom. The molecule has 11 heteroatoms.